The molecular weight excluding hydrogens is 414 g/mol. The van der Waals surface area contributed by atoms with Gasteiger partial charge in [-0.05, 0) is 19.4 Å². The molecule has 2 saturated heterocycles. The van der Waals surface area contributed by atoms with Gasteiger partial charge >= 0.3 is 5.97 Å². The second-order valence-electron chi connectivity index (χ2n) is 7.92. The van der Waals surface area contributed by atoms with Gasteiger partial charge in [0.25, 0.3) is 10.1 Å². The molecule has 0 bridgehead atoms. The lowest BCUT2D eigenvalue weighted by molar-refractivity contribution is -0.150. The number of hydrogen-bond acceptors (Lipinski definition) is 8. The first-order valence-electron chi connectivity index (χ1n) is 9.74. The Labute approximate surface area is 176 Å². The lowest BCUT2D eigenvalue weighted by atomic mass is 10.0. The molecule has 2 heterocycles. The SMILES string of the molecule is CC1(C)O[C@H]2[C@H](CN(C(=O)CCC(=O)OCc3ccccc3)C[C@H]2OS(C)(=O)=O)O1. The molecule has 3 rings (SSSR count). The first-order valence-corrected chi connectivity index (χ1v) is 11.6. The number of ether oxygens (including phenoxy) is 3. The van der Waals surface area contributed by atoms with E-state index in [9.17, 15) is 18.0 Å². The summed E-state index contributed by atoms with van der Waals surface area (Å²) in [7, 11) is -3.76. The third kappa shape index (κ3) is 6.24. The molecule has 2 fully saturated rings. The number of rotatable bonds is 7. The number of benzene rings is 1. The van der Waals surface area contributed by atoms with Crippen molar-refractivity contribution in [1.29, 1.82) is 0 Å². The fourth-order valence-electron chi connectivity index (χ4n) is 3.62. The highest BCUT2D eigenvalue weighted by Crippen LogP contribution is 2.35. The number of carbonyl (C=O) groups excluding carboxylic acids is 2. The van der Waals surface area contributed by atoms with Gasteiger partial charge in [0.2, 0.25) is 5.91 Å². The molecule has 0 spiro atoms. The van der Waals surface area contributed by atoms with Gasteiger partial charge in [-0.2, -0.15) is 8.42 Å². The topological polar surface area (TPSA) is 108 Å². The molecule has 0 radical (unpaired) electrons. The van der Waals surface area contributed by atoms with E-state index < -0.39 is 40.2 Å². The predicted octanol–water partition coefficient (Wildman–Crippen LogP) is 1.22. The molecule has 3 atom stereocenters. The van der Waals surface area contributed by atoms with Crippen molar-refractivity contribution in [2.45, 2.75) is 57.4 Å². The number of piperidine rings is 1. The molecule has 0 aromatic heterocycles. The van der Waals surface area contributed by atoms with Gasteiger partial charge in [-0.15, -0.1) is 0 Å². The standard InChI is InChI=1S/C20H27NO8S/c1-20(2)27-15-11-21(12-16(19(15)28-20)29-30(3,24)25)17(22)9-10-18(23)26-13-14-7-5-4-6-8-14/h4-8,15-16,19H,9-13H2,1-3H3/t15-,16+,19-/m0/s1. The minimum Gasteiger partial charge on any atom is -0.461 e. The molecule has 2 aliphatic rings. The smallest absolute Gasteiger partial charge is 0.306 e. The summed E-state index contributed by atoms with van der Waals surface area (Å²) < 4.78 is 45.2. The Morgan fingerprint density at radius 2 is 1.83 bits per heavy atom. The summed E-state index contributed by atoms with van der Waals surface area (Å²) in [6, 6.07) is 9.25. The van der Waals surface area contributed by atoms with Gasteiger partial charge in [-0.3, -0.25) is 13.8 Å². The summed E-state index contributed by atoms with van der Waals surface area (Å²) in [4.78, 5) is 26.1. The largest absolute Gasteiger partial charge is 0.461 e. The van der Waals surface area contributed by atoms with Crippen molar-refractivity contribution in [3.8, 4) is 0 Å². The van der Waals surface area contributed by atoms with E-state index >= 15 is 0 Å². The second kappa shape index (κ2) is 9.01. The Hall–Kier alpha value is -2.01. The van der Waals surface area contributed by atoms with Crippen molar-refractivity contribution >= 4 is 22.0 Å². The number of esters is 1. The molecular formula is C20H27NO8S. The maximum Gasteiger partial charge on any atom is 0.306 e. The highest BCUT2D eigenvalue weighted by Gasteiger charge is 2.51. The van der Waals surface area contributed by atoms with Gasteiger partial charge in [-0.25, -0.2) is 0 Å². The van der Waals surface area contributed by atoms with Crippen molar-refractivity contribution in [2.75, 3.05) is 19.3 Å². The average Bonchev–Trinajstić information content (AvgIpc) is 2.98. The van der Waals surface area contributed by atoms with Crippen LogP contribution >= 0.6 is 0 Å². The zero-order valence-electron chi connectivity index (χ0n) is 17.3. The van der Waals surface area contributed by atoms with E-state index in [4.69, 9.17) is 18.4 Å². The number of hydrogen-bond donors (Lipinski definition) is 0. The third-order valence-electron chi connectivity index (χ3n) is 4.83. The Morgan fingerprint density at radius 1 is 1.13 bits per heavy atom. The van der Waals surface area contributed by atoms with Crippen LogP contribution in [0.15, 0.2) is 30.3 Å². The summed E-state index contributed by atoms with van der Waals surface area (Å²) >= 11 is 0. The number of amides is 1. The Morgan fingerprint density at radius 3 is 2.50 bits per heavy atom. The molecule has 0 aliphatic carbocycles. The average molecular weight is 442 g/mol. The van der Waals surface area contributed by atoms with E-state index in [1.54, 1.807) is 13.8 Å². The van der Waals surface area contributed by atoms with Gasteiger partial charge in [0.05, 0.1) is 19.2 Å². The van der Waals surface area contributed by atoms with Crippen LogP contribution in [0.5, 0.6) is 0 Å². The van der Waals surface area contributed by atoms with E-state index in [-0.39, 0.29) is 38.4 Å². The van der Waals surface area contributed by atoms with E-state index in [1.807, 2.05) is 30.3 Å². The lowest BCUT2D eigenvalue weighted by Crippen LogP contribution is -2.57. The van der Waals surface area contributed by atoms with Crippen molar-refractivity contribution in [1.82, 2.24) is 4.90 Å². The van der Waals surface area contributed by atoms with E-state index in [2.05, 4.69) is 0 Å². The summed E-state index contributed by atoms with van der Waals surface area (Å²) in [6.07, 6.45) is -1.18. The van der Waals surface area contributed by atoms with Gasteiger partial charge in [0.1, 0.15) is 24.9 Å². The van der Waals surface area contributed by atoms with Gasteiger partial charge < -0.3 is 19.1 Å². The monoisotopic (exact) mass is 441 g/mol. The molecule has 1 aromatic rings. The van der Waals surface area contributed by atoms with Crippen molar-refractivity contribution in [3.63, 3.8) is 0 Å². The van der Waals surface area contributed by atoms with Crippen LogP contribution in [0.1, 0.15) is 32.3 Å². The van der Waals surface area contributed by atoms with Gasteiger partial charge in [0, 0.05) is 13.0 Å². The first kappa shape index (κ1) is 22.7. The molecule has 0 N–H and O–H groups in total. The maximum atomic E-state index is 12.7. The molecule has 0 saturated carbocycles. The molecule has 2 aliphatic heterocycles. The quantitative estimate of drug-likeness (QED) is 0.459. The molecule has 1 aromatic carbocycles. The van der Waals surface area contributed by atoms with Crippen LogP contribution in [-0.2, 0) is 44.7 Å². The van der Waals surface area contributed by atoms with Crippen LogP contribution < -0.4 is 0 Å². The lowest BCUT2D eigenvalue weighted by Gasteiger charge is -2.37. The molecule has 10 heteroatoms. The highest BCUT2D eigenvalue weighted by atomic mass is 32.2. The fraction of sp³-hybridized carbons (Fsp3) is 0.600. The summed E-state index contributed by atoms with van der Waals surface area (Å²) in [5.41, 5.74) is 0.862. The zero-order chi connectivity index (χ0) is 21.9. The predicted molar refractivity (Wildman–Crippen MR) is 106 cm³/mol. The summed E-state index contributed by atoms with van der Waals surface area (Å²) in [6.45, 7) is 3.85. The molecule has 0 unspecified atom stereocenters. The van der Waals surface area contributed by atoms with Crippen LogP contribution in [0.2, 0.25) is 0 Å². The number of fused-ring (bicyclic) bond motifs is 1. The minimum atomic E-state index is -3.76. The minimum absolute atomic E-state index is 0.0333. The molecule has 1 amide bonds. The molecule has 30 heavy (non-hydrogen) atoms. The zero-order valence-corrected chi connectivity index (χ0v) is 18.1. The maximum absolute atomic E-state index is 12.7. The summed E-state index contributed by atoms with van der Waals surface area (Å²) in [5.74, 6) is -1.69. The summed E-state index contributed by atoms with van der Waals surface area (Å²) in [5, 5.41) is 0. The second-order valence-corrected chi connectivity index (χ2v) is 9.52. The van der Waals surface area contributed by atoms with E-state index in [0.29, 0.717) is 0 Å². The van der Waals surface area contributed by atoms with Crippen LogP contribution in [0, 0.1) is 0 Å². The number of nitrogens with zero attached hydrogens (tertiary/aromatic N) is 1. The van der Waals surface area contributed by atoms with Crippen LogP contribution in [0.4, 0.5) is 0 Å². The Balaban J connectivity index is 1.55. The van der Waals surface area contributed by atoms with Gasteiger partial charge in [0.15, 0.2) is 5.79 Å². The van der Waals surface area contributed by atoms with Crippen LogP contribution in [0.25, 0.3) is 0 Å². The fourth-order valence-corrected chi connectivity index (χ4v) is 4.24. The normalized spacial score (nSPS) is 25.6. The van der Waals surface area contributed by atoms with E-state index in [0.717, 1.165) is 11.8 Å². The molecule has 9 nitrogen and oxygen atoms in total. The van der Waals surface area contributed by atoms with Crippen molar-refractivity contribution < 1.29 is 36.4 Å². The first-order chi connectivity index (χ1) is 14.0. The Kier molecular flexibility index (Phi) is 6.81. The van der Waals surface area contributed by atoms with Crippen molar-refractivity contribution in [3.05, 3.63) is 35.9 Å². The number of likely N-dealkylation sites (tertiary alicyclic amines) is 1. The van der Waals surface area contributed by atoms with Crippen LogP contribution in [-0.4, -0.2) is 68.6 Å². The third-order valence-corrected chi connectivity index (χ3v) is 5.42. The Bertz CT molecular complexity index is 870. The molecule has 166 valence electrons. The highest BCUT2D eigenvalue weighted by molar-refractivity contribution is 7.86. The van der Waals surface area contributed by atoms with Crippen molar-refractivity contribution in [2.24, 2.45) is 0 Å². The van der Waals surface area contributed by atoms with Gasteiger partial charge in [-0.1, -0.05) is 30.3 Å². The van der Waals surface area contributed by atoms with Crippen LogP contribution in [0.3, 0.4) is 0 Å². The number of carbonyl (C=O) groups is 2. The van der Waals surface area contributed by atoms with E-state index in [1.165, 1.54) is 4.90 Å².